The minimum absolute atomic E-state index is 0.0884. The van der Waals surface area contributed by atoms with E-state index < -0.39 is 17.8 Å². The van der Waals surface area contributed by atoms with Gasteiger partial charge in [-0.2, -0.15) is 0 Å². The standard InChI is InChI=1S/C16H16N2O5/c1-2-11-6-7-13(22-11)16(21)23-12-5-3-4-10(8-12)15(20)18-9-14(17)19/h3-8H,2,9H2,1H3,(H2,17,19)(H,18,20). The zero-order valence-electron chi connectivity index (χ0n) is 12.5. The van der Waals surface area contributed by atoms with E-state index in [1.807, 2.05) is 6.92 Å². The van der Waals surface area contributed by atoms with Crippen molar-refractivity contribution in [1.29, 1.82) is 0 Å². The first-order chi connectivity index (χ1) is 11.0. The number of amides is 2. The second-order valence-electron chi connectivity index (χ2n) is 4.69. The highest BCUT2D eigenvalue weighted by Crippen LogP contribution is 2.16. The van der Waals surface area contributed by atoms with Crippen molar-refractivity contribution < 1.29 is 23.5 Å². The molecule has 2 aromatic rings. The Morgan fingerprint density at radius 1 is 1.22 bits per heavy atom. The molecule has 7 heteroatoms. The van der Waals surface area contributed by atoms with Crippen molar-refractivity contribution >= 4 is 17.8 Å². The predicted octanol–water partition coefficient (Wildman–Crippen LogP) is 1.28. The summed E-state index contributed by atoms with van der Waals surface area (Å²) in [6, 6.07) is 9.23. The molecule has 7 nitrogen and oxygen atoms in total. The minimum atomic E-state index is -0.653. The molecule has 0 saturated heterocycles. The molecule has 1 aromatic carbocycles. The fourth-order valence-corrected chi connectivity index (χ4v) is 1.81. The molecule has 2 amide bonds. The highest BCUT2D eigenvalue weighted by atomic mass is 16.5. The van der Waals surface area contributed by atoms with Crippen molar-refractivity contribution in [3.8, 4) is 5.75 Å². The second kappa shape index (κ2) is 7.26. The predicted molar refractivity (Wildman–Crippen MR) is 81.0 cm³/mol. The molecule has 120 valence electrons. The fourth-order valence-electron chi connectivity index (χ4n) is 1.81. The molecule has 23 heavy (non-hydrogen) atoms. The summed E-state index contributed by atoms with van der Waals surface area (Å²) < 4.78 is 10.5. The topological polar surface area (TPSA) is 112 Å². The maximum absolute atomic E-state index is 12.0. The molecule has 0 atom stereocenters. The quantitative estimate of drug-likeness (QED) is 0.616. The summed E-state index contributed by atoms with van der Waals surface area (Å²) in [4.78, 5) is 34.4. The summed E-state index contributed by atoms with van der Waals surface area (Å²) in [5, 5.41) is 2.35. The Hall–Kier alpha value is -3.09. The Kier molecular flexibility index (Phi) is 5.14. The largest absolute Gasteiger partial charge is 0.454 e. The van der Waals surface area contributed by atoms with Crippen LogP contribution in [0.4, 0.5) is 0 Å². The monoisotopic (exact) mass is 316 g/mol. The van der Waals surface area contributed by atoms with Crippen LogP contribution < -0.4 is 15.8 Å². The van der Waals surface area contributed by atoms with Crippen LogP contribution in [-0.4, -0.2) is 24.3 Å². The Balaban J connectivity index is 2.05. The molecule has 0 aliphatic carbocycles. The van der Waals surface area contributed by atoms with Crippen molar-refractivity contribution in [1.82, 2.24) is 5.32 Å². The molecule has 0 aliphatic heterocycles. The van der Waals surface area contributed by atoms with Gasteiger partial charge >= 0.3 is 5.97 Å². The van der Waals surface area contributed by atoms with Gasteiger partial charge in [-0.05, 0) is 30.3 Å². The first-order valence-corrected chi connectivity index (χ1v) is 6.97. The van der Waals surface area contributed by atoms with Crippen LogP contribution in [0.3, 0.4) is 0 Å². The average molecular weight is 316 g/mol. The van der Waals surface area contributed by atoms with Crippen molar-refractivity contribution in [3.63, 3.8) is 0 Å². The zero-order chi connectivity index (χ0) is 16.8. The number of nitrogens with one attached hydrogen (secondary N) is 1. The van der Waals surface area contributed by atoms with E-state index in [0.717, 1.165) is 0 Å². The molecule has 0 radical (unpaired) electrons. The maximum Gasteiger partial charge on any atom is 0.379 e. The molecule has 1 heterocycles. The summed E-state index contributed by atoms with van der Waals surface area (Å²) in [6.45, 7) is 1.64. The molecule has 0 unspecified atom stereocenters. The van der Waals surface area contributed by atoms with Gasteiger partial charge in [0.1, 0.15) is 11.5 Å². The van der Waals surface area contributed by atoms with Gasteiger partial charge in [0.2, 0.25) is 11.7 Å². The number of primary amides is 1. The number of hydrogen-bond acceptors (Lipinski definition) is 5. The number of carbonyl (C=O) groups is 3. The molecule has 0 saturated carbocycles. The number of aryl methyl sites for hydroxylation is 1. The second-order valence-corrected chi connectivity index (χ2v) is 4.69. The Labute approximate surface area is 132 Å². The molecular weight excluding hydrogens is 300 g/mol. The lowest BCUT2D eigenvalue weighted by atomic mass is 10.2. The molecule has 0 spiro atoms. The average Bonchev–Trinajstić information content (AvgIpc) is 3.02. The number of ether oxygens (including phenoxy) is 1. The van der Waals surface area contributed by atoms with Crippen molar-refractivity contribution in [2.45, 2.75) is 13.3 Å². The number of hydrogen-bond donors (Lipinski definition) is 2. The molecular formula is C16H16N2O5. The summed E-state index contributed by atoms with van der Waals surface area (Å²) in [7, 11) is 0. The third-order valence-electron chi connectivity index (χ3n) is 2.94. The van der Waals surface area contributed by atoms with E-state index in [4.69, 9.17) is 14.9 Å². The number of rotatable bonds is 6. The van der Waals surface area contributed by atoms with E-state index >= 15 is 0 Å². The summed E-state index contributed by atoms with van der Waals surface area (Å²) >= 11 is 0. The van der Waals surface area contributed by atoms with Crippen LogP contribution in [0.25, 0.3) is 0 Å². The van der Waals surface area contributed by atoms with E-state index in [0.29, 0.717) is 12.2 Å². The third-order valence-corrected chi connectivity index (χ3v) is 2.94. The van der Waals surface area contributed by atoms with Crippen LogP contribution >= 0.6 is 0 Å². The van der Waals surface area contributed by atoms with Gasteiger partial charge in [-0.15, -0.1) is 0 Å². The van der Waals surface area contributed by atoms with E-state index in [-0.39, 0.29) is 23.6 Å². The lowest BCUT2D eigenvalue weighted by Gasteiger charge is -2.06. The van der Waals surface area contributed by atoms with Crippen molar-refractivity contribution in [2.75, 3.05) is 6.54 Å². The number of nitrogens with two attached hydrogens (primary N) is 1. The lowest BCUT2D eigenvalue weighted by molar-refractivity contribution is -0.117. The summed E-state index contributed by atoms with van der Waals surface area (Å²) in [5.74, 6) is -0.837. The molecule has 1 aromatic heterocycles. The van der Waals surface area contributed by atoms with Crippen LogP contribution in [0, 0.1) is 0 Å². The highest BCUT2D eigenvalue weighted by Gasteiger charge is 2.14. The van der Waals surface area contributed by atoms with Gasteiger partial charge < -0.3 is 20.2 Å². The van der Waals surface area contributed by atoms with Gasteiger partial charge in [-0.25, -0.2) is 4.79 Å². The molecule has 0 aliphatic rings. The minimum Gasteiger partial charge on any atom is -0.454 e. The Morgan fingerprint density at radius 2 is 2.00 bits per heavy atom. The Bertz CT molecular complexity index is 736. The van der Waals surface area contributed by atoms with E-state index in [2.05, 4.69) is 5.32 Å². The smallest absolute Gasteiger partial charge is 0.379 e. The molecule has 3 N–H and O–H groups in total. The van der Waals surface area contributed by atoms with Gasteiger partial charge in [-0.1, -0.05) is 13.0 Å². The van der Waals surface area contributed by atoms with Gasteiger partial charge in [0, 0.05) is 12.0 Å². The molecule has 0 bridgehead atoms. The zero-order valence-corrected chi connectivity index (χ0v) is 12.5. The van der Waals surface area contributed by atoms with Crippen LogP contribution in [0.2, 0.25) is 0 Å². The number of furan rings is 1. The van der Waals surface area contributed by atoms with Gasteiger partial charge in [-0.3, -0.25) is 9.59 Å². The van der Waals surface area contributed by atoms with Crippen LogP contribution in [0.5, 0.6) is 5.75 Å². The van der Waals surface area contributed by atoms with Crippen LogP contribution in [0.15, 0.2) is 40.8 Å². The Morgan fingerprint density at radius 3 is 2.65 bits per heavy atom. The van der Waals surface area contributed by atoms with Gasteiger partial charge in [0.05, 0.1) is 6.54 Å². The van der Waals surface area contributed by atoms with E-state index in [9.17, 15) is 14.4 Å². The van der Waals surface area contributed by atoms with E-state index in [1.54, 1.807) is 12.1 Å². The van der Waals surface area contributed by atoms with Gasteiger partial charge in [0.15, 0.2) is 0 Å². The van der Waals surface area contributed by atoms with Crippen LogP contribution in [-0.2, 0) is 11.2 Å². The fraction of sp³-hybridized carbons (Fsp3) is 0.188. The molecule has 2 rings (SSSR count). The third kappa shape index (κ3) is 4.44. The highest BCUT2D eigenvalue weighted by molar-refractivity contribution is 5.97. The van der Waals surface area contributed by atoms with Crippen molar-refractivity contribution in [3.05, 3.63) is 53.5 Å². The summed E-state index contributed by atoms with van der Waals surface area (Å²) in [5.41, 5.74) is 5.20. The number of esters is 1. The first-order valence-electron chi connectivity index (χ1n) is 6.97. The first kappa shape index (κ1) is 16.3. The van der Waals surface area contributed by atoms with Crippen molar-refractivity contribution in [2.24, 2.45) is 5.73 Å². The summed E-state index contributed by atoms with van der Waals surface area (Å²) in [6.07, 6.45) is 0.669. The number of carbonyl (C=O) groups excluding carboxylic acids is 3. The van der Waals surface area contributed by atoms with E-state index in [1.165, 1.54) is 24.3 Å². The molecule has 0 fully saturated rings. The normalized spacial score (nSPS) is 10.1. The maximum atomic E-state index is 12.0. The van der Waals surface area contributed by atoms with Gasteiger partial charge in [0.25, 0.3) is 5.91 Å². The lowest BCUT2D eigenvalue weighted by Crippen LogP contribution is -2.33. The van der Waals surface area contributed by atoms with Crippen LogP contribution in [0.1, 0.15) is 33.6 Å². The number of benzene rings is 1. The SMILES string of the molecule is CCc1ccc(C(=O)Oc2cccc(C(=O)NCC(N)=O)c2)o1.